The molecule has 4 amide bonds. The van der Waals surface area contributed by atoms with Gasteiger partial charge in [-0.1, -0.05) is 128 Å². The third-order valence-electron chi connectivity index (χ3n) is 17.8. The second-order valence-corrected chi connectivity index (χ2v) is 24.0. The van der Waals surface area contributed by atoms with E-state index in [1.165, 1.54) is 20.7 Å². The molecule has 4 aliphatic rings. The predicted octanol–water partition coefficient (Wildman–Crippen LogP) is 10.2. The molecule has 0 aliphatic carbocycles. The number of imidazole rings is 2. The molecule has 5 aromatic heterocycles. The van der Waals surface area contributed by atoms with Gasteiger partial charge in [-0.2, -0.15) is 19.9 Å². The number of aryl methyl sites for hydroxylation is 1. The highest BCUT2D eigenvalue weighted by atomic mass is 16.6. The zero-order chi connectivity index (χ0) is 65.7. The molecule has 6 N–H and O–H groups in total. The smallest absolute Gasteiger partial charge is 0.388 e. The van der Waals surface area contributed by atoms with Crippen LogP contribution >= 0.6 is 0 Å². The van der Waals surface area contributed by atoms with Gasteiger partial charge in [0.15, 0.2) is 29.3 Å². The first-order valence-corrected chi connectivity index (χ1v) is 31.3. The number of nitrogens with one attached hydrogen (secondary N) is 6. The van der Waals surface area contributed by atoms with Gasteiger partial charge in [-0.3, -0.25) is 39.1 Å². The van der Waals surface area contributed by atoms with E-state index in [0.29, 0.717) is 45.4 Å². The Morgan fingerprint density at radius 1 is 0.624 bits per heavy atom. The summed E-state index contributed by atoms with van der Waals surface area (Å²) in [6.45, 7) is 19.2. The maximum Gasteiger partial charge on any atom is 0.425 e. The van der Waals surface area contributed by atoms with Crippen LogP contribution in [0.3, 0.4) is 0 Å². The molecule has 4 saturated heterocycles. The van der Waals surface area contributed by atoms with Crippen LogP contribution in [0.5, 0.6) is 11.8 Å². The van der Waals surface area contributed by atoms with Gasteiger partial charge < -0.3 is 34.6 Å². The van der Waals surface area contributed by atoms with Crippen LogP contribution < -0.4 is 51.8 Å². The highest BCUT2D eigenvalue weighted by Gasteiger charge is 2.56. The van der Waals surface area contributed by atoms with E-state index in [9.17, 15) is 28.8 Å². The third-order valence-corrected chi connectivity index (χ3v) is 17.8. The summed E-state index contributed by atoms with van der Waals surface area (Å²) < 4.78 is 28.0. The highest BCUT2D eigenvalue weighted by Crippen LogP contribution is 2.49. The lowest BCUT2D eigenvalue weighted by atomic mass is 9.78. The predicted molar refractivity (Wildman–Crippen MR) is 350 cm³/mol. The molecule has 0 unspecified atom stereocenters. The maximum absolute atomic E-state index is 13.8. The van der Waals surface area contributed by atoms with Crippen molar-refractivity contribution in [2.75, 3.05) is 33.5 Å². The van der Waals surface area contributed by atoms with Gasteiger partial charge in [0.1, 0.15) is 5.52 Å². The fourth-order valence-corrected chi connectivity index (χ4v) is 12.4. The molecule has 4 fully saturated rings. The molecule has 4 aromatic carbocycles. The Labute approximate surface area is 535 Å². The quantitative estimate of drug-likeness (QED) is 0.0589. The van der Waals surface area contributed by atoms with E-state index < -0.39 is 17.9 Å². The molecule has 93 heavy (non-hydrogen) atoms. The second-order valence-electron chi connectivity index (χ2n) is 24.0. The van der Waals surface area contributed by atoms with E-state index in [4.69, 9.17) is 18.9 Å². The van der Waals surface area contributed by atoms with Gasteiger partial charge >= 0.3 is 17.9 Å². The van der Waals surface area contributed by atoms with Crippen molar-refractivity contribution in [3.05, 3.63) is 167 Å². The molecule has 0 spiro atoms. The summed E-state index contributed by atoms with van der Waals surface area (Å²) in [6.07, 6.45) is 6.24. The lowest BCUT2D eigenvalue weighted by Gasteiger charge is -2.36. The van der Waals surface area contributed by atoms with Gasteiger partial charge in [0, 0.05) is 35.4 Å². The van der Waals surface area contributed by atoms with Crippen LogP contribution in [0.25, 0.3) is 22.3 Å². The first kappa shape index (κ1) is 64.5. The minimum atomic E-state index is -0.684. The normalized spacial score (nSPS) is 21.9. The number of benzene rings is 4. The average molecular weight is 1270 g/mol. The van der Waals surface area contributed by atoms with Crippen LogP contribution in [-0.4, -0.2) is 109 Å². The van der Waals surface area contributed by atoms with Crippen LogP contribution in [0, 0.1) is 30.6 Å². The molecular weight excluding hydrogens is 1190 g/mol. The molecule has 4 bridgehead atoms. The molecule has 0 radical (unpaired) electrons. The number of para-hydroxylation sites is 4. The molecule has 484 valence electrons. The van der Waals surface area contributed by atoms with E-state index in [0.717, 1.165) is 38.8 Å². The zero-order valence-corrected chi connectivity index (χ0v) is 53.2. The van der Waals surface area contributed by atoms with Crippen LogP contribution in [0.4, 0.5) is 44.2 Å². The van der Waals surface area contributed by atoms with Crippen molar-refractivity contribution in [2.45, 2.75) is 124 Å². The van der Waals surface area contributed by atoms with Crippen molar-refractivity contribution < 1.29 is 38.1 Å². The largest absolute Gasteiger partial charge is 0.425 e. The minimum Gasteiger partial charge on any atom is -0.388 e. The summed E-state index contributed by atoms with van der Waals surface area (Å²) in [7, 11) is 0. The van der Waals surface area contributed by atoms with Crippen LogP contribution in [0.15, 0.2) is 150 Å². The molecule has 0 saturated carbocycles. The Morgan fingerprint density at radius 2 is 1.06 bits per heavy atom. The van der Waals surface area contributed by atoms with Gasteiger partial charge in [-0.15, -0.1) is 0 Å². The van der Waals surface area contributed by atoms with Crippen molar-refractivity contribution in [2.24, 2.45) is 23.7 Å². The standard InChI is InChI=1S/C31H35N7O4.C22H20N6O3.C14H21N3O3/c1-5-31-16-17-32-23(20(31)4)28(42-31)37-18-33-24-25(37)34-29(35-26(39)19(2)3)36-27(24)41-30(40)38(21-12-8-6-9-13-21)22-14-10-7-11-15-22;1-14(2)19(29)26-21-25-18-17(23-13-24-18)20(27-21)31-22(30)28(15-9-5-3-6-10-15)16-11-7-4-8-12-16;1-4-14-5-6-15-10(9(14)3)12(20-14)17-7-8(2)11(18)16-13(17)19/h6-15,18-20,23,28,32H,5,16-17H2,1-4H3,(H,34,35,36,39);3-14H,1-2H3,(H2,23,24,25,26,27,29);7,9-10,12,15H,4-6H2,1-3H3,(H,16,18,19)/t20-,23+,28+,31-;;9-,10+,12+,14-/m0.0/s1. The first-order valence-electron chi connectivity index (χ1n) is 31.3. The number of nitrogens with zero attached hydrogens (tertiary/aromatic N) is 10. The first-order chi connectivity index (χ1) is 44.8. The van der Waals surface area contributed by atoms with Gasteiger partial charge in [0.05, 0.1) is 58.7 Å². The summed E-state index contributed by atoms with van der Waals surface area (Å²) >= 11 is 0. The molecule has 26 heteroatoms. The Hall–Kier alpha value is -10.0. The van der Waals surface area contributed by atoms with Crippen molar-refractivity contribution in [3.63, 3.8) is 0 Å². The Bertz CT molecular complexity index is 4180. The van der Waals surface area contributed by atoms with Crippen molar-refractivity contribution >= 4 is 81.0 Å². The SMILES string of the molecule is CC(C)C(=O)Nc1nc(OC(=O)N(c2ccccc2)c2ccccc2)c2[nH]cnc2n1.CC[C@@]12CCN[C@@H]([C@H](n3cc(C)c(=O)[nH]c3=O)O1)[C@@H]2C.CC[C@@]12CCN[C@@H]([C@H](n3cnc4c(OC(=O)N(c5ccccc5)c5ccccc5)nc(NC(=O)C(C)C)nc43)O1)[C@@H]2C. The van der Waals surface area contributed by atoms with E-state index in [1.807, 2.05) is 102 Å². The van der Waals surface area contributed by atoms with E-state index in [2.05, 4.69) is 88.8 Å². The second kappa shape index (κ2) is 27.4. The number of anilines is 6. The molecule has 4 aliphatic heterocycles. The molecule has 13 rings (SSSR count). The lowest BCUT2D eigenvalue weighted by Crippen LogP contribution is -2.50. The van der Waals surface area contributed by atoms with Gasteiger partial charge in [-0.05, 0) is 94.2 Å². The molecule has 8 atom stereocenters. The summed E-state index contributed by atoms with van der Waals surface area (Å²) in [5, 5.41) is 12.4. The van der Waals surface area contributed by atoms with Gasteiger partial charge in [0.25, 0.3) is 17.3 Å². The number of aromatic amines is 2. The van der Waals surface area contributed by atoms with Gasteiger partial charge in [-0.25, -0.2) is 34.2 Å². The fourth-order valence-electron chi connectivity index (χ4n) is 12.4. The number of carbonyl (C=O) groups excluding carboxylic acids is 4. The topological polar surface area (TPSA) is 313 Å². The molecule has 9 aromatic rings. The summed E-state index contributed by atoms with van der Waals surface area (Å²) in [5.74, 6) is -0.571. The van der Waals surface area contributed by atoms with E-state index in [-0.39, 0.29) is 106 Å². The average Bonchev–Trinajstić information content (AvgIpc) is 1.68. The number of H-pyrrole nitrogens is 2. The number of carbonyl (C=O) groups is 4. The number of hydrogen-bond acceptors (Lipinski definition) is 18. The lowest BCUT2D eigenvalue weighted by molar-refractivity contribution is -0.119. The Morgan fingerprint density at radius 3 is 1.52 bits per heavy atom. The summed E-state index contributed by atoms with van der Waals surface area (Å²) in [5.41, 5.74) is 3.16. The van der Waals surface area contributed by atoms with Gasteiger partial charge in [0.2, 0.25) is 23.7 Å². The van der Waals surface area contributed by atoms with Crippen molar-refractivity contribution in [1.29, 1.82) is 0 Å². The van der Waals surface area contributed by atoms with Crippen molar-refractivity contribution in [1.82, 2.24) is 59.6 Å². The molecule has 26 nitrogen and oxygen atoms in total. The number of piperidine rings is 2. The molecule has 9 heterocycles. The number of fused-ring (bicyclic) bond motifs is 6. The fraction of sp³-hybridized carbons (Fsp3) is 0.373. The Balaban J connectivity index is 0.000000152. The van der Waals surface area contributed by atoms with Crippen LogP contribution in [0.2, 0.25) is 0 Å². The number of aromatic nitrogens is 10. The highest BCUT2D eigenvalue weighted by molar-refractivity contribution is 6.00. The van der Waals surface area contributed by atoms with Crippen molar-refractivity contribution in [3.8, 4) is 11.8 Å². The number of rotatable bonds is 14. The summed E-state index contributed by atoms with van der Waals surface area (Å²) in [6, 6.07) is 36.8. The summed E-state index contributed by atoms with van der Waals surface area (Å²) in [4.78, 5) is 110. The van der Waals surface area contributed by atoms with Crippen LogP contribution in [0.1, 0.15) is 99.1 Å². The monoisotopic (exact) mass is 1260 g/mol. The van der Waals surface area contributed by atoms with Crippen LogP contribution in [-0.2, 0) is 19.1 Å². The zero-order valence-electron chi connectivity index (χ0n) is 53.2. The molecular formula is C67H76N16O10. The maximum atomic E-state index is 13.8. The number of hydrogen-bond donors (Lipinski definition) is 6. The minimum absolute atomic E-state index is 0.00655. The number of ether oxygens (including phenoxy) is 4. The van der Waals surface area contributed by atoms with E-state index >= 15 is 0 Å². The van der Waals surface area contributed by atoms with E-state index in [1.54, 1.807) is 71.4 Å². The third kappa shape index (κ3) is 13.2. The Kier molecular flexibility index (Phi) is 19.0. The number of amides is 4.